The molecule has 0 aliphatic carbocycles. The van der Waals surface area contributed by atoms with Crippen molar-refractivity contribution in [2.24, 2.45) is 0 Å². The van der Waals surface area contributed by atoms with Crippen LogP contribution < -0.4 is 4.74 Å². The lowest BCUT2D eigenvalue weighted by atomic mass is 10.1. The third kappa shape index (κ3) is 2.84. The van der Waals surface area contributed by atoms with Gasteiger partial charge in [0.25, 0.3) is 0 Å². The molecule has 0 unspecified atom stereocenters. The Morgan fingerprint density at radius 3 is 2.84 bits per heavy atom. The molecule has 4 nitrogen and oxygen atoms in total. The van der Waals surface area contributed by atoms with E-state index >= 15 is 0 Å². The maximum absolute atomic E-state index is 11.9. The highest BCUT2D eigenvalue weighted by Crippen LogP contribution is 2.27. The van der Waals surface area contributed by atoms with Crippen molar-refractivity contribution in [2.75, 3.05) is 13.2 Å². The molecular weight excluding hydrogens is 242 g/mol. The highest BCUT2D eigenvalue weighted by atomic mass is 16.5. The van der Waals surface area contributed by atoms with E-state index in [1.54, 1.807) is 31.3 Å². The van der Waals surface area contributed by atoms with Crippen LogP contribution in [0.15, 0.2) is 30.5 Å². The van der Waals surface area contributed by atoms with Crippen molar-refractivity contribution in [2.45, 2.75) is 20.3 Å². The van der Waals surface area contributed by atoms with Crippen LogP contribution in [0.2, 0.25) is 0 Å². The Morgan fingerprint density at radius 1 is 1.26 bits per heavy atom. The van der Waals surface area contributed by atoms with E-state index in [4.69, 9.17) is 9.47 Å². The number of hydrogen-bond donors (Lipinski definition) is 0. The SMILES string of the molecule is CCCOc1ccc(C(=O)OCC)c2cccnc12. The highest BCUT2D eigenvalue weighted by molar-refractivity contribution is 6.05. The van der Waals surface area contributed by atoms with E-state index in [1.165, 1.54) is 0 Å². The maximum Gasteiger partial charge on any atom is 0.338 e. The first-order valence-electron chi connectivity index (χ1n) is 6.45. The van der Waals surface area contributed by atoms with Crippen molar-refractivity contribution >= 4 is 16.9 Å². The van der Waals surface area contributed by atoms with E-state index in [0.717, 1.165) is 11.8 Å². The van der Waals surface area contributed by atoms with Crippen molar-refractivity contribution in [3.8, 4) is 5.75 Å². The van der Waals surface area contributed by atoms with Crippen LogP contribution in [0, 0.1) is 0 Å². The molecule has 0 saturated carbocycles. The molecule has 0 fully saturated rings. The molecule has 1 aromatic heterocycles. The number of nitrogens with zero attached hydrogens (tertiary/aromatic N) is 1. The molecule has 0 aliphatic rings. The van der Waals surface area contributed by atoms with Gasteiger partial charge in [-0.2, -0.15) is 0 Å². The lowest BCUT2D eigenvalue weighted by Gasteiger charge is -2.10. The molecule has 0 radical (unpaired) electrons. The van der Waals surface area contributed by atoms with Gasteiger partial charge in [0, 0.05) is 11.6 Å². The minimum Gasteiger partial charge on any atom is -0.491 e. The van der Waals surface area contributed by atoms with Crippen LogP contribution in [0.5, 0.6) is 5.75 Å². The summed E-state index contributed by atoms with van der Waals surface area (Å²) < 4.78 is 10.7. The topological polar surface area (TPSA) is 48.4 Å². The van der Waals surface area contributed by atoms with E-state index in [2.05, 4.69) is 4.98 Å². The predicted molar refractivity (Wildman–Crippen MR) is 73.5 cm³/mol. The molecule has 2 rings (SSSR count). The molecule has 0 atom stereocenters. The molecule has 19 heavy (non-hydrogen) atoms. The zero-order valence-electron chi connectivity index (χ0n) is 11.2. The van der Waals surface area contributed by atoms with Crippen molar-refractivity contribution in [3.63, 3.8) is 0 Å². The Morgan fingerprint density at radius 2 is 2.11 bits per heavy atom. The fourth-order valence-electron chi connectivity index (χ4n) is 1.86. The quantitative estimate of drug-likeness (QED) is 0.774. The van der Waals surface area contributed by atoms with Gasteiger partial charge in [-0.25, -0.2) is 4.79 Å². The lowest BCUT2D eigenvalue weighted by Crippen LogP contribution is -2.06. The van der Waals surface area contributed by atoms with E-state index in [-0.39, 0.29) is 5.97 Å². The largest absolute Gasteiger partial charge is 0.491 e. The summed E-state index contributed by atoms with van der Waals surface area (Å²) in [4.78, 5) is 16.2. The molecule has 0 N–H and O–H groups in total. The Balaban J connectivity index is 2.48. The summed E-state index contributed by atoms with van der Waals surface area (Å²) in [5.41, 5.74) is 1.22. The van der Waals surface area contributed by atoms with E-state index < -0.39 is 0 Å². The summed E-state index contributed by atoms with van der Waals surface area (Å²) in [7, 11) is 0. The number of hydrogen-bond acceptors (Lipinski definition) is 4. The molecule has 0 bridgehead atoms. The monoisotopic (exact) mass is 259 g/mol. The van der Waals surface area contributed by atoms with Crippen LogP contribution in [-0.2, 0) is 4.74 Å². The fraction of sp³-hybridized carbons (Fsp3) is 0.333. The Labute approximate surface area is 112 Å². The number of carbonyl (C=O) groups excluding carboxylic acids is 1. The van der Waals surface area contributed by atoms with Gasteiger partial charge >= 0.3 is 5.97 Å². The molecule has 1 aromatic carbocycles. The molecule has 100 valence electrons. The second-order valence-corrected chi connectivity index (χ2v) is 4.08. The van der Waals surface area contributed by atoms with E-state index in [9.17, 15) is 4.79 Å². The molecule has 4 heteroatoms. The summed E-state index contributed by atoms with van der Waals surface area (Å²) in [6.07, 6.45) is 2.62. The summed E-state index contributed by atoms with van der Waals surface area (Å²) in [6, 6.07) is 7.16. The zero-order valence-corrected chi connectivity index (χ0v) is 11.2. The van der Waals surface area contributed by atoms with Gasteiger partial charge in [-0.05, 0) is 31.5 Å². The van der Waals surface area contributed by atoms with Crippen LogP contribution in [0.1, 0.15) is 30.6 Å². The van der Waals surface area contributed by atoms with Crippen molar-refractivity contribution in [3.05, 3.63) is 36.0 Å². The van der Waals surface area contributed by atoms with Crippen LogP contribution in [0.25, 0.3) is 10.9 Å². The fourth-order valence-corrected chi connectivity index (χ4v) is 1.86. The normalized spacial score (nSPS) is 10.4. The van der Waals surface area contributed by atoms with Gasteiger partial charge in [0.05, 0.1) is 18.8 Å². The smallest absolute Gasteiger partial charge is 0.338 e. The van der Waals surface area contributed by atoms with Gasteiger partial charge in [-0.1, -0.05) is 13.0 Å². The third-order valence-electron chi connectivity index (χ3n) is 2.69. The minimum atomic E-state index is -0.331. The van der Waals surface area contributed by atoms with Gasteiger partial charge in [-0.3, -0.25) is 4.98 Å². The van der Waals surface area contributed by atoms with Gasteiger partial charge in [0.1, 0.15) is 11.3 Å². The molecule has 2 aromatic rings. The Kier molecular flexibility index (Phi) is 4.34. The van der Waals surface area contributed by atoms with Crippen LogP contribution >= 0.6 is 0 Å². The maximum atomic E-state index is 11.9. The zero-order chi connectivity index (χ0) is 13.7. The summed E-state index contributed by atoms with van der Waals surface area (Å²) in [5.74, 6) is 0.369. The van der Waals surface area contributed by atoms with E-state index in [1.807, 2.05) is 13.0 Å². The standard InChI is InChI=1S/C15H17NO3/c1-3-10-19-13-8-7-12(15(17)18-4-2)11-6-5-9-16-14(11)13/h5-9H,3-4,10H2,1-2H3. The Bertz CT molecular complexity index is 581. The number of aromatic nitrogens is 1. The first-order valence-corrected chi connectivity index (χ1v) is 6.45. The summed E-state index contributed by atoms with van der Waals surface area (Å²) in [5, 5.41) is 0.759. The lowest BCUT2D eigenvalue weighted by molar-refractivity contribution is 0.0528. The average Bonchev–Trinajstić information content (AvgIpc) is 2.45. The second kappa shape index (κ2) is 6.18. The van der Waals surface area contributed by atoms with Crippen LogP contribution in [0.4, 0.5) is 0 Å². The second-order valence-electron chi connectivity index (χ2n) is 4.08. The molecule has 0 saturated heterocycles. The Hall–Kier alpha value is -2.10. The molecule has 0 amide bonds. The summed E-state index contributed by atoms with van der Waals surface area (Å²) in [6.45, 7) is 4.82. The van der Waals surface area contributed by atoms with Gasteiger partial charge in [0.15, 0.2) is 0 Å². The number of pyridine rings is 1. The number of ether oxygens (including phenoxy) is 2. The minimum absolute atomic E-state index is 0.331. The number of fused-ring (bicyclic) bond motifs is 1. The first kappa shape index (κ1) is 13.3. The first-order chi connectivity index (χ1) is 9.27. The van der Waals surface area contributed by atoms with Crippen molar-refractivity contribution < 1.29 is 14.3 Å². The van der Waals surface area contributed by atoms with Gasteiger partial charge < -0.3 is 9.47 Å². The van der Waals surface area contributed by atoms with E-state index in [0.29, 0.717) is 30.0 Å². The van der Waals surface area contributed by atoms with Crippen molar-refractivity contribution in [1.82, 2.24) is 4.98 Å². The highest BCUT2D eigenvalue weighted by Gasteiger charge is 2.14. The number of carbonyl (C=O) groups is 1. The van der Waals surface area contributed by atoms with Crippen molar-refractivity contribution in [1.29, 1.82) is 0 Å². The van der Waals surface area contributed by atoms with Crippen LogP contribution in [0.3, 0.4) is 0 Å². The van der Waals surface area contributed by atoms with Crippen LogP contribution in [-0.4, -0.2) is 24.2 Å². The molecule has 0 aliphatic heterocycles. The number of rotatable bonds is 5. The predicted octanol–water partition coefficient (Wildman–Crippen LogP) is 3.20. The number of esters is 1. The van der Waals surface area contributed by atoms with Gasteiger partial charge in [0.2, 0.25) is 0 Å². The molecule has 0 spiro atoms. The summed E-state index contributed by atoms with van der Waals surface area (Å²) >= 11 is 0. The average molecular weight is 259 g/mol. The number of benzene rings is 1. The van der Waals surface area contributed by atoms with Gasteiger partial charge in [-0.15, -0.1) is 0 Å². The molecule has 1 heterocycles. The molecular formula is C15H17NO3. The third-order valence-corrected chi connectivity index (χ3v) is 2.69.